The molecule has 0 amide bonds. The average Bonchev–Trinajstić information content (AvgIpc) is 2.88. The predicted octanol–water partition coefficient (Wildman–Crippen LogP) is 4.74. The van der Waals surface area contributed by atoms with E-state index in [0.717, 1.165) is 25.2 Å². The van der Waals surface area contributed by atoms with Crippen LogP contribution in [0.2, 0.25) is 0 Å². The topological polar surface area (TPSA) is 43.1 Å². The van der Waals surface area contributed by atoms with Crippen molar-refractivity contribution in [3.8, 4) is 12.3 Å². The highest BCUT2D eigenvalue weighted by atomic mass is 16.6. The zero-order valence-electron chi connectivity index (χ0n) is 14.1. The van der Waals surface area contributed by atoms with Gasteiger partial charge in [0.1, 0.15) is 0 Å². The van der Waals surface area contributed by atoms with E-state index in [9.17, 15) is 10.1 Å². The Morgan fingerprint density at radius 2 is 1.96 bits per heavy atom. The third-order valence-electron chi connectivity index (χ3n) is 7.96. The van der Waals surface area contributed by atoms with Crippen molar-refractivity contribution in [3.63, 3.8) is 0 Å². The number of rotatable bonds is 1. The average molecular weight is 313 g/mol. The lowest BCUT2D eigenvalue weighted by atomic mass is 9.53. The first kappa shape index (κ1) is 15.2. The molecule has 4 aliphatic rings. The first-order valence-corrected chi connectivity index (χ1v) is 9.37. The van der Waals surface area contributed by atoms with Gasteiger partial charge in [-0.2, -0.15) is 0 Å². The minimum Gasteiger partial charge on any atom is -0.263 e. The molecule has 0 aromatic heterocycles. The van der Waals surface area contributed by atoms with E-state index in [0.29, 0.717) is 18.3 Å². The highest BCUT2D eigenvalue weighted by molar-refractivity contribution is 5.32. The summed E-state index contributed by atoms with van der Waals surface area (Å²) in [6.07, 6.45) is 17.1. The maximum absolute atomic E-state index is 11.9. The SMILES string of the molecule is C#C[C@]1([N+](=O)[O-])CC[C@H]2[C@@H]3CCC4CCCCC4=C3CC[C@@]21C. The number of hydrogen-bond donors (Lipinski definition) is 0. The Hall–Kier alpha value is -1.30. The highest BCUT2D eigenvalue weighted by Crippen LogP contribution is 2.64. The number of nitrogens with zero attached hydrogens (tertiary/aromatic N) is 1. The Kier molecular flexibility index (Phi) is 3.38. The minimum atomic E-state index is -1.13. The van der Waals surface area contributed by atoms with Crippen LogP contribution in [-0.4, -0.2) is 10.5 Å². The van der Waals surface area contributed by atoms with Crippen LogP contribution >= 0.6 is 0 Å². The van der Waals surface area contributed by atoms with E-state index < -0.39 is 5.54 Å². The second-order valence-electron chi connectivity index (χ2n) is 8.50. The number of allylic oxidation sites excluding steroid dienone is 2. The number of nitro groups is 1. The fourth-order valence-corrected chi connectivity index (χ4v) is 6.71. The van der Waals surface area contributed by atoms with Crippen LogP contribution in [0, 0.1) is 45.6 Å². The van der Waals surface area contributed by atoms with Gasteiger partial charge in [-0.05, 0) is 75.0 Å². The molecule has 0 spiro atoms. The summed E-state index contributed by atoms with van der Waals surface area (Å²) in [4.78, 5) is 11.7. The van der Waals surface area contributed by atoms with Crippen molar-refractivity contribution in [3.05, 3.63) is 21.3 Å². The van der Waals surface area contributed by atoms with Crippen molar-refractivity contribution >= 4 is 0 Å². The summed E-state index contributed by atoms with van der Waals surface area (Å²) in [5.74, 6) is 4.48. The van der Waals surface area contributed by atoms with E-state index in [1.54, 1.807) is 11.1 Å². The van der Waals surface area contributed by atoms with E-state index >= 15 is 0 Å². The first-order chi connectivity index (χ1) is 11.0. The molecule has 5 atom stereocenters. The van der Waals surface area contributed by atoms with Crippen LogP contribution in [-0.2, 0) is 0 Å². The maximum Gasteiger partial charge on any atom is 0.286 e. The Morgan fingerprint density at radius 3 is 2.70 bits per heavy atom. The summed E-state index contributed by atoms with van der Waals surface area (Å²) >= 11 is 0. The van der Waals surface area contributed by atoms with E-state index in [4.69, 9.17) is 6.42 Å². The van der Waals surface area contributed by atoms with Crippen molar-refractivity contribution in [1.29, 1.82) is 0 Å². The summed E-state index contributed by atoms with van der Waals surface area (Å²) in [6, 6.07) is 0. The van der Waals surface area contributed by atoms with E-state index in [1.165, 1.54) is 38.5 Å². The summed E-state index contributed by atoms with van der Waals surface area (Å²) in [5, 5.41) is 11.9. The highest BCUT2D eigenvalue weighted by Gasteiger charge is 2.68. The second kappa shape index (κ2) is 5.10. The number of terminal acetylenes is 1. The Bertz CT molecular complexity index is 616. The lowest BCUT2D eigenvalue weighted by molar-refractivity contribution is -0.570. The van der Waals surface area contributed by atoms with E-state index in [-0.39, 0.29) is 10.3 Å². The standard InChI is InChI=1S/C20H27NO2/c1-3-20(21(22)23)13-11-18-17-9-8-14-6-4-5-7-15(14)16(17)10-12-19(18,20)2/h1,14,17-18H,4-13H2,2H3/t14?,17-,18+,19+,20+/m1/s1. The molecule has 0 bridgehead atoms. The Labute approximate surface area is 139 Å². The summed E-state index contributed by atoms with van der Waals surface area (Å²) in [6.45, 7) is 2.13. The molecule has 0 aromatic carbocycles. The molecule has 0 N–H and O–H groups in total. The van der Waals surface area contributed by atoms with Crippen molar-refractivity contribution < 1.29 is 4.92 Å². The monoisotopic (exact) mass is 313 g/mol. The molecule has 0 saturated heterocycles. The van der Waals surface area contributed by atoms with Gasteiger partial charge >= 0.3 is 0 Å². The molecule has 4 aliphatic carbocycles. The van der Waals surface area contributed by atoms with Gasteiger partial charge in [0.25, 0.3) is 5.54 Å². The van der Waals surface area contributed by atoms with Crippen molar-refractivity contribution in [2.45, 2.75) is 76.7 Å². The largest absolute Gasteiger partial charge is 0.286 e. The lowest BCUT2D eigenvalue weighted by Gasteiger charge is -2.49. The molecule has 0 radical (unpaired) electrons. The van der Waals surface area contributed by atoms with Gasteiger partial charge in [-0.3, -0.25) is 10.1 Å². The fraction of sp³-hybridized carbons (Fsp3) is 0.800. The molecular formula is C20H27NO2. The van der Waals surface area contributed by atoms with Gasteiger partial charge in [-0.1, -0.05) is 24.5 Å². The molecule has 23 heavy (non-hydrogen) atoms. The molecule has 124 valence electrons. The lowest BCUT2D eigenvalue weighted by Crippen LogP contribution is -2.53. The van der Waals surface area contributed by atoms with Gasteiger partial charge in [-0.25, -0.2) is 0 Å². The summed E-state index contributed by atoms with van der Waals surface area (Å²) < 4.78 is 0. The van der Waals surface area contributed by atoms with Crippen molar-refractivity contribution in [1.82, 2.24) is 0 Å². The molecular weight excluding hydrogens is 286 g/mol. The Morgan fingerprint density at radius 1 is 1.13 bits per heavy atom. The fourth-order valence-electron chi connectivity index (χ4n) is 6.71. The predicted molar refractivity (Wildman–Crippen MR) is 90.3 cm³/mol. The molecule has 1 unspecified atom stereocenters. The van der Waals surface area contributed by atoms with Gasteiger partial charge in [0.05, 0.1) is 5.41 Å². The van der Waals surface area contributed by atoms with Gasteiger partial charge in [0.15, 0.2) is 0 Å². The van der Waals surface area contributed by atoms with Crippen LogP contribution in [0.5, 0.6) is 0 Å². The van der Waals surface area contributed by atoms with Gasteiger partial charge in [0, 0.05) is 11.3 Å². The minimum absolute atomic E-state index is 0.128. The van der Waals surface area contributed by atoms with Gasteiger partial charge in [-0.15, -0.1) is 6.42 Å². The smallest absolute Gasteiger partial charge is 0.263 e. The summed E-state index contributed by atoms with van der Waals surface area (Å²) in [5.41, 5.74) is 2.02. The zero-order valence-corrected chi connectivity index (χ0v) is 14.1. The van der Waals surface area contributed by atoms with Crippen LogP contribution in [0.3, 0.4) is 0 Å². The molecule has 0 aliphatic heterocycles. The van der Waals surface area contributed by atoms with Crippen molar-refractivity contribution in [2.24, 2.45) is 23.2 Å². The molecule has 3 saturated carbocycles. The third-order valence-corrected chi connectivity index (χ3v) is 7.96. The van der Waals surface area contributed by atoms with Crippen LogP contribution in [0.4, 0.5) is 0 Å². The molecule has 0 heterocycles. The van der Waals surface area contributed by atoms with Crippen molar-refractivity contribution in [2.75, 3.05) is 0 Å². The Balaban J connectivity index is 1.74. The van der Waals surface area contributed by atoms with Gasteiger partial charge in [0.2, 0.25) is 0 Å². The van der Waals surface area contributed by atoms with E-state index in [1.807, 2.05) is 0 Å². The molecule has 3 heteroatoms. The van der Waals surface area contributed by atoms with Crippen LogP contribution in [0.25, 0.3) is 0 Å². The third kappa shape index (κ3) is 1.84. The molecule has 3 fully saturated rings. The van der Waals surface area contributed by atoms with Crippen LogP contribution < -0.4 is 0 Å². The second-order valence-corrected chi connectivity index (χ2v) is 8.50. The van der Waals surface area contributed by atoms with E-state index in [2.05, 4.69) is 12.8 Å². The molecule has 3 nitrogen and oxygen atoms in total. The maximum atomic E-state index is 11.9. The normalized spacial score (nSPS) is 45.7. The van der Waals surface area contributed by atoms with Gasteiger partial charge < -0.3 is 0 Å². The summed E-state index contributed by atoms with van der Waals surface area (Å²) in [7, 11) is 0. The molecule has 0 aromatic rings. The zero-order chi connectivity index (χ0) is 16.2. The first-order valence-electron chi connectivity index (χ1n) is 9.37. The quantitative estimate of drug-likeness (QED) is 0.304. The molecule has 4 rings (SSSR count). The van der Waals surface area contributed by atoms with Crippen LogP contribution in [0.15, 0.2) is 11.1 Å². The van der Waals surface area contributed by atoms with Crippen LogP contribution in [0.1, 0.15) is 71.1 Å². The number of fused-ring (bicyclic) bond motifs is 4. The number of hydrogen-bond acceptors (Lipinski definition) is 2.